The van der Waals surface area contributed by atoms with E-state index in [1.807, 2.05) is 12.1 Å². The second kappa shape index (κ2) is 7.31. The van der Waals surface area contributed by atoms with E-state index in [-0.39, 0.29) is 0 Å². The average Bonchev–Trinajstić information content (AvgIpc) is 2.52. The Morgan fingerprint density at radius 2 is 1.86 bits per heavy atom. The number of nitrogens with two attached hydrogens (primary N) is 1. The van der Waals surface area contributed by atoms with E-state index in [1.165, 1.54) is 0 Å². The Morgan fingerprint density at radius 1 is 1.14 bits per heavy atom. The number of aromatic nitrogens is 2. The molecule has 0 fully saturated rings. The number of hydrogen-bond acceptors (Lipinski definition) is 5. The zero-order valence-corrected chi connectivity index (χ0v) is 14.0. The van der Waals surface area contributed by atoms with Crippen LogP contribution in [0.3, 0.4) is 0 Å². The highest BCUT2D eigenvalue weighted by Crippen LogP contribution is 2.25. The third-order valence-electron chi connectivity index (χ3n) is 3.47. The van der Waals surface area contributed by atoms with Crippen LogP contribution < -0.4 is 16.0 Å². The van der Waals surface area contributed by atoms with Crippen molar-refractivity contribution in [3.05, 3.63) is 35.0 Å². The van der Waals surface area contributed by atoms with Crippen molar-refractivity contribution in [1.29, 1.82) is 0 Å². The molecule has 5 nitrogen and oxygen atoms in total. The number of benzene rings is 1. The van der Waals surface area contributed by atoms with Crippen molar-refractivity contribution in [1.82, 2.24) is 9.97 Å². The van der Waals surface area contributed by atoms with E-state index < -0.39 is 0 Å². The maximum atomic E-state index is 5.94. The van der Waals surface area contributed by atoms with Crippen molar-refractivity contribution in [3.8, 4) is 0 Å². The van der Waals surface area contributed by atoms with E-state index >= 15 is 0 Å². The number of hydrogen-bond donors (Lipinski definition) is 2. The van der Waals surface area contributed by atoms with E-state index in [9.17, 15) is 0 Å². The number of nitrogens with zero attached hydrogens (tertiary/aromatic N) is 3. The SMILES string of the molecule is CCc1cc(N(CC)CC)nc(Nc2ccc(Cl)c(N)c2)n1. The van der Waals surface area contributed by atoms with Crippen molar-refractivity contribution in [2.75, 3.05) is 29.0 Å². The molecule has 2 aromatic rings. The molecule has 0 atom stereocenters. The van der Waals surface area contributed by atoms with E-state index in [2.05, 4.69) is 41.0 Å². The van der Waals surface area contributed by atoms with Gasteiger partial charge >= 0.3 is 0 Å². The molecule has 1 aromatic carbocycles. The van der Waals surface area contributed by atoms with Crippen molar-refractivity contribution >= 4 is 34.7 Å². The van der Waals surface area contributed by atoms with Crippen LogP contribution in [0.2, 0.25) is 5.02 Å². The topological polar surface area (TPSA) is 67.1 Å². The molecule has 0 radical (unpaired) electrons. The molecular formula is C16H22ClN5. The Morgan fingerprint density at radius 3 is 2.45 bits per heavy atom. The summed E-state index contributed by atoms with van der Waals surface area (Å²) in [7, 11) is 0. The molecule has 0 amide bonds. The lowest BCUT2D eigenvalue weighted by Gasteiger charge is -2.21. The minimum Gasteiger partial charge on any atom is -0.397 e. The molecule has 0 saturated carbocycles. The monoisotopic (exact) mass is 319 g/mol. The summed E-state index contributed by atoms with van der Waals surface area (Å²) in [5.41, 5.74) is 8.18. The summed E-state index contributed by atoms with van der Waals surface area (Å²) in [6, 6.07) is 7.43. The number of anilines is 4. The zero-order valence-electron chi connectivity index (χ0n) is 13.2. The fourth-order valence-electron chi connectivity index (χ4n) is 2.18. The molecule has 0 aliphatic heterocycles. The van der Waals surface area contributed by atoms with E-state index in [4.69, 9.17) is 17.3 Å². The molecule has 118 valence electrons. The average molecular weight is 320 g/mol. The van der Waals surface area contributed by atoms with Crippen LogP contribution in [-0.2, 0) is 6.42 Å². The van der Waals surface area contributed by atoms with E-state index in [1.54, 1.807) is 12.1 Å². The van der Waals surface area contributed by atoms with Gasteiger partial charge in [-0.25, -0.2) is 4.98 Å². The van der Waals surface area contributed by atoms with Gasteiger partial charge in [-0.05, 0) is 38.5 Å². The van der Waals surface area contributed by atoms with Crippen LogP contribution in [0.1, 0.15) is 26.5 Å². The molecule has 6 heteroatoms. The lowest BCUT2D eigenvalue weighted by atomic mass is 10.3. The largest absolute Gasteiger partial charge is 0.397 e. The Hall–Kier alpha value is -2.01. The maximum absolute atomic E-state index is 5.94. The lowest BCUT2D eigenvalue weighted by Crippen LogP contribution is -2.23. The third-order valence-corrected chi connectivity index (χ3v) is 3.81. The molecule has 0 aliphatic rings. The first kappa shape index (κ1) is 16.4. The van der Waals surface area contributed by atoms with Gasteiger partial charge in [-0.2, -0.15) is 4.98 Å². The van der Waals surface area contributed by atoms with Crippen LogP contribution in [0.4, 0.5) is 23.1 Å². The fourth-order valence-corrected chi connectivity index (χ4v) is 2.30. The Balaban J connectivity index is 2.33. The predicted octanol–water partition coefficient (Wildman–Crippen LogP) is 3.86. The number of aryl methyl sites for hydroxylation is 1. The van der Waals surface area contributed by atoms with Gasteiger partial charge in [0, 0.05) is 30.5 Å². The van der Waals surface area contributed by atoms with Gasteiger partial charge in [0.1, 0.15) is 5.82 Å². The summed E-state index contributed by atoms with van der Waals surface area (Å²) in [5.74, 6) is 1.50. The summed E-state index contributed by atoms with van der Waals surface area (Å²) in [6.45, 7) is 8.13. The highest BCUT2D eigenvalue weighted by Gasteiger charge is 2.09. The molecule has 2 rings (SSSR count). The highest BCUT2D eigenvalue weighted by atomic mass is 35.5. The molecule has 1 aromatic heterocycles. The molecule has 3 N–H and O–H groups in total. The summed E-state index contributed by atoms with van der Waals surface area (Å²) < 4.78 is 0. The van der Waals surface area contributed by atoms with Crippen molar-refractivity contribution in [2.45, 2.75) is 27.2 Å². The first-order valence-electron chi connectivity index (χ1n) is 7.52. The molecule has 0 aliphatic carbocycles. The van der Waals surface area contributed by atoms with E-state index in [0.717, 1.165) is 36.7 Å². The second-order valence-corrected chi connectivity index (χ2v) is 5.34. The first-order valence-corrected chi connectivity index (χ1v) is 7.90. The normalized spacial score (nSPS) is 10.5. The molecule has 0 spiro atoms. The molecule has 22 heavy (non-hydrogen) atoms. The van der Waals surface area contributed by atoms with Gasteiger partial charge in [0.25, 0.3) is 0 Å². The summed E-state index contributed by atoms with van der Waals surface area (Å²) in [6.07, 6.45) is 0.855. The van der Waals surface area contributed by atoms with Crippen LogP contribution in [0.25, 0.3) is 0 Å². The van der Waals surface area contributed by atoms with Gasteiger partial charge in [0.05, 0.1) is 10.7 Å². The molecule has 0 bridgehead atoms. The Bertz CT molecular complexity index is 640. The van der Waals surface area contributed by atoms with Crippen LogP contribution in [-0.4, -0.2) is 23.1 Å². The number of nitrogens with one attached hydrogen (secondary N) is 1. The number of halogens is 1. The van der Waals surface area contributed by atoms with Gasteiger partial charge in [-0.3, -0.25) is 0 Å². The van der Waals surface area contributed by atoms with Gasteiger partial charge in [-0.15, -0.1) is 0 Å². The van der Waals surface area contributed by atoms with Gasteiger partial charge in [-0.1, -0.05) is 18.5 Å². The third kappa shape index (κ3) is 3.80. The molecule has 0 unspecified atom stereocenters. The molecular weight excluding hydrogens is 298 g/mol. The van der Waals surface area contributed by atoms with Crippen molar-refractivity contribution in [2.24, 2.45) is 0 Å². The molecule has 1 heterocycles. The van der Waals surface area contributed by atoms with E-state index in [0.29, 0.717) is 16.7 Å². The number of rotatable bonds is 6. The molecule has 0 saturated heterocycles. The van der Waals surface area contributed by atoms with Crippen LogP contribution in [0.15, 0.2) is 24.3 Å². The Kier molecular flexibility index (Phi) is 5.44. The fraction of sp³-hybridized carbons (Fsp3) is 0.375. The zero-order chi connectivity index (χ0) is 16.1. The minimum atomic E-state index is 0.530. The van der Waals surface area contributed by atoms with Gasteiger partial charge in [0.2, 0.25) is 5.95 Å². The lowest BCUT2D eigenvalue weighted by molar-refractivity contribution is 0.836. The summed E-state index contributed by atoms with van der Waals surface area (Å²) >= 11 is 5.94. The van der Waals surface area contributed by atoms with Crippen LogP contribution >= 0.6 is 11.6 Å². The maximum Gasteiger partial charge on any atom is 0.229 e. The number of nitrogen functional groups attached to an aromatic ring is 1. The Labute approximate surface area is 136 Å². The second-order valence-electron chi connectivity index (χ2n) is 4.93. The van der Waals surface area contributed by atoms with Gasteiger partial charge < -0.3 is 16.0 Å². The predicted molar refractivity (Wildman–Crippen MR) is 94.1 cm³/mol. The first-order chi connectivity index (χ1) is 10.6. The standard InChI is InChI=1S/C16H22ClN5/c1-4-11-10-15(22(5-2)6-3)21-16(19-11)20-12-7-8-13(17)14(18)9-12/h7-10H,4-6,18H2,1-3H3,(H,19,20,21). The summed E-state index contributed by atoms with van der Waals surface area (Å²) in [4.78, 5) is 11.3. The van der Waals surface area contributed by atoms with Crippen molar-refractivity contribution < 1.29 is 0 Å². The van der Waals surface area contributed by atoms with Crippen LogP contribution in [0.5, 0.6) is 0 Å². The smallest absolute Gasteiger partial charge is 0.229 e. The van der Waals surface area contributed by atoms with Crippen LogP contribution in [0, 0.1) is 0 Å². The quantitative estimate of drug-likeness (QED) is 0.791. The summed E-state index contributed by atoms with van der Waals surface area (Å²) in [5, 5.41) is 3.74. The minimum absolute atomic E-state index is 0.530. The van der Waals surface area contributed by atoms with Gasteiger partial charge in [0.15, 0.2) is 0 Å². The van der Waals surface area contributed by atoms with Crippen molar-refractivity contribution in [3.63, 3.8) is 0 Å². The highest BCUT2D eigenvalue weighted by molar-refractivity contribution is 6.33.